The van der Waals surface area contributed by atoms with Gasteiger partial charge in [0.25, 0.3) is 0 Å². The van der Waals surface area contributed by atoms with Gasteiger partial charge in [-0.25, -0.2) is 0 Å². The fourth-order valence-corrected chi connectivity index (χ4v) is 4.06. The van der Waals surface area contributed by atoms with Crippen molar-refractivity contribution in [3.05, 3.63) is 0 Å². The maximum atomic E-state index is 12.7. The van der Waals surface area contributed by atoms with E-state index in [1.807, 2.05) is 0 Å². The Kier molecular flexibility index (Phi) is 5.87. The summed E-state index contributed by atoms with van der Waals surface area (Å²) in [7, 11) is 0. The number of carbonyl (C=O) groups excluding carboxylic acids is 2. The molecule has 0 N–H and O–H groups in total. The van der Waals surface area contributed by atoms with Crippen LogP contribution in [-0.2, 0) is 19.1 Å². The predicted molar refractivity (Wildman–Crippen MR) is 84.2 cm³/mol. The number of rotatable bonds is 8. The van der Waals surface area contributed by atoms with E-state index >= 15 is 0 Å². The first kappa shape index (κ1) is 17.3. The summed E-state index contributed by atoms with van der Waals surface area (Å²) >= 11 is 0. The number of esters is 2. The molecule has 2 bridgehead atoms. The van der Waals surface area contributed by atoms with Crippen LogP contribution in [-0.4, -0.2) is 25.2 Å². The normalized spacial score (nSPS) is 28.6. The zero-order valence-electron chi connectivity index (χ0n) is 14.2. The molecule has 3 unspecified atom stereocenters. The van der Waals surface area contributed by atoms with E-state index in [1.165, 1.54) is 0 Å². The van der Waals surface area contributed by atoms with E-state index in [1.54, 1.807) is 0 Å². The summed E-state index contributed by atoms with van der Waals surface area (Å²) in [5.41, 5.74) is -1.02. The summed E-state index contributed by atoms with van der Waals surface area (Å²) < 4.78 is 10.9. The van der Waals surface area contributed by atoms with Crippen LogP contribution in [0.2, 0.25) is 0 Å². The summed E-state index contributed by atoms with van der Waals surface area (Å²) in [6, 6.07) is 0. The van der Waals surface area contributed by atoms with Crippen molar-refractivity contribution in [1.82, 2.24) is 0 Å². The standard InChI is InChI=1S/C18H30O4/c1-4-6-8-21-16(19)18(17(20)22-9-7-5-2)12-14-11-15(18)10-13(14)3/h13-15H,4-12H2,1-3H3. The minimum absolute atomic E-state index is 0.107. The van der Waals surface area contributed by atoms with Crippen LogP contribution >= 0.6 is 0 Å². The van der Waals surface area contributed by atoms with Crippen LogP contribution < -0.4 is 0 Å². The molecule has 2 aliphatic rings. The van der Waals surface area contributed by atoms with E-state index in [4.69, 9.17) is 9.47 Å². The van der Waals surface area contributed by atoms with Crippen molar-refractivity contribution in [1.29, 1.82) is 0 Å². The summed E-state index contributed by atoms with van der Waals surface area (Å²) in [6.07, 6.45) is 6.17. The highest BCUT2D eigenvalue weighted by atomic mass is 16.6. The molecule has 0 aromatic heterocycles. The minimum Gasteiger partial charge on any atom is -0.465 e. The second-order valence-corrected chi connectivity index (χ2v) is 7.06. The molecule has 0 radical (unpaired) electrons. The lowest BCUT2D eigenvalue weighted by atomic mass is 9.70. The first-order chi connectivity index (χ1) is 10.6. The summed E-state index contributed by atoms with van der Waals surface area (Å²) in [5.74, 6) is 0.506. The zero-order chi connectivity index (χ0) is 16.2. The first-order valence-electron chi connectivity index (χ1n) is 8.90. The van der Waals surface area contributed by atoms with Crippen LogP contribution in [0.15, 0.2) is 0 Å². The molecule has 126 valence electrons. The lowest BCUT2D eigenvalue weighted by Crippen LogP contribution is -2.47. The monoisotopic (exact) mass is 310 g/mol. The van der Waals surface area contributed by atoms with E-state index < -0.39 is 5.41 Å². The number of unbranched alkanes of at least 4 members (excludes halogenated alkanes) is 2. The van der Waals surface area contributed by atoms with Gasteiger partial charge in [-0.15, -0.1) is 0 Å². The van der Waals surface area contributed by atoms with Gasteiger partial charge in [-0.05, 0) is 49.9 Å². The molecule has 0 aromatic carbocycles. The topological polar surface area (TPSA) is 52.6 Å². The molecule has 2 fully saturated rings. The average Bonchev–Trinajstić information content (AvgIpc) is 3.04. The Bertz CT molecular complexity index is 380. The smallest absolute Gasteiger partial charge is 0.323 e. The third-order valence-corrected chi connectivity index (χ3v) is 5.52. The van der Waals surface area contributed by atoms with E-state index in [0.717, 1.165) is 38.5 Å². The Morgan fingerprint density at radius 2 is 1.55 bits per heavy atom. The van der Waals surface area contributed by atoms with E-state index in [0.29, 0.717) is 31.5 Å². The Balaban J connectivity index is 2.08. The van der Waals surface area contributed by atoms with Gasteiger partial charge < -0.3 is 9.47 Å². The molecule has 0 aromatic rings. The van der Waals surface area contributed by atoms with Crippen molar-refractivity contribution in [3.63, 3.8) is 0 Å². The van der Waals surface area contributed by atoms with E-state index in [2.05, 4.69) is 20.8 Å². The highest BCUT2D eigenvalue weighted by Gasteiger charge is 2.64. The number of hydrogen-bond donors (Lipinski definition) is 0. The number of fused-ring (bicyclic) bond motifs is 2. The van der Waals surface area contributed by atoms with E-state index in [-0.39, 0.29) is 17.9 Å². The fraction of sp³-hybridized carbons (Fsp3) is 0.889. The highest BCUT2D eigenvalue weighted by molar-refractivity contribution is 6.01. The Labute approximate surface area is 133 Å². The van der Waals surface area contributed by atoms with Gasteiger partial charge in [-0.2, -0.15) is 0 Å². The Hall–Kier alpha value is -1.06. The van der Waals surface area contributed by atoms with Gasteiger partial charge in [0.1, 0.15) is 0 Å². The average molecular weight is 310 g/mol. The third-order valence-electron chi connectivity index (χ3n) is 5.52. The molecular weight excluding hydrogens is 280 g/mol. The van der Waals surface area contributed by atoms with Gasteiger partial charge in [0.2, 0.25) is 0 Å². The summed E-state index contributed by atoms with van der Waals surface area (Å²) in [4.78, 5) is 25.4. The van der Waals surface area contributed by atoms with Crippen LogP contribution in [0.4, 0.5) is 0 Å². The number of carbonyl (C=O) groups is 2. The van der Waals surface area contributed by atoms with Gasteiger partial charge in [-0.3, -0.25) is 9.59 Å². The van der Waals surface area contributed by atoms with Crippen molar-refractivity contribution in [2.24, 2.45) is 23.2 Å². The molecule has 0 spiro atoms. The summed E-state index contributed by atoms with van der Waals surface area (Å²) in [5, 5.41) is 0. The molecule has 4 nitrogen and oxygen atoms in total. The van der Waals surface area contributed by atoms with E-state index in [9.17, 15) is 9.59 Å². The molecule has 2 rings (SSSR count). The molecule has 2 aliphatic carbocycles. The highest BCUT2D eigenvalue weighted by Crippen LogP contribution is 2.59. The molecule has 2 saturated carbocycles. The van der Waals surface area contributed by atoms with Crippen LogP contribution in [0.5, 0.6) is 0 Å². The van der Waals surface area contributed by atoms with Crippen molar-refractivity contribution in [2.75, 3.05) is 13.2 Å². The van der Waals surface area contributed by atoms with Gasteiger partial charge in [0, 0.05) is 0 Å². The number of hydrogen-bond acceptors (Lipinski definition) is 4. The van der Waals surface area contributed by atoms with Crippen LogP contribution in [0, 0.1) is 23.2 Å². The molecule has 4 heteroatoms. The largest absolute Gasteiger partial charge is 0.465 e. The first-order valence-corrected chi connectivity index (χ1v) is 8.90. The van der Waals surface area contributed by atoms with Crippen LogP contribution in [0.25, 0.3) is 0 Å². The second-order valence-electron chi connectivity index (χ2n) is 7.06. The molecule has 0 aliphatic heterocycles. The minimum atomic E-state index is -1.02. The molecule has 3 atom stereocenters. The number of ether oxygens (including phenoxy) is 2. The molecular formula is C18H30O4. The van der Waals surface area contributed by atoms with Crippen molar-refractivity contribution in [3.8, 4) is 0 Å². The molecule has 0 amide bonds. The maximum absolute atomic E-state index is 12.7. The lowest BCUT2D eigenvalue weighted by Gasteiger charge is -2.35. The second kappa shape index (κ2) is 7.47. The molecule has 0 saturated heterocycles. The quantitative estimate of drug-likeness (QED) is 0.389. The predicted octanol–water partition coefficient (Wildman–Crippen LogP) is 3.73. The van der Waals surface area contributed by atoms with Crippen LogP contribution in [0.3, 0.4) is 0 Å². The SMILES string of the molecule is CCCCOC(=O)C1(C(=O)OCCCC)CC2CC1CC2C. The Morgan fingerprint density at radius 1 is 1.00 bits per heavy atom. The molecule has 0 heterocycles. The van der Waals surface area contributed by atoms with Crippen LogP contribution in [0.1, 0.15) is 65.7 Å². The fourth-order valence-electron chi connectivity index (χ4n) is 4.06. The van der Waals surface area contributed by atoms with Gasteiger partial charge in [-0.1, -0.05) is 33.6 Å². The Morgan fingerprint density at radius 3 is 1.91 bits per heavy atom. The zero-order valence-corrected chi connectivity index (χ0v) is 14.2. The lowest BCUT2D eigenvalue weighted by molar-refractivity contribution is -0.177. The van der Waals surface area contributed by atoms with Gasteiger partial charge in [0.15, 0.2) is 5.41 Å². The maximum Gasteiger partial charge on any atom is 0.323 e. The molecule has 22 heavy (non-hydrogen) atoms. The van der Waals surface area contributed by atoms with Gasteiger partial charge >= 0.3 is 11.9 Å². The van der Waals surface area contributed by atoms with Crippen molar-refractivity contribution >= 4 is 11.9 Å². The van der Waals surface area contributed by atoms with Crippen molar-refractivity contribution in [2.45, 2.75) is 65.7 Å². The third kappa shape index (κ3) is 3.16. The van der Waals surface area contributed by atoms with Crippen molar-refractivity contribution < 1.29 is 19.1 Å². The summed E-state index contributed by atoms with van der Waals surface area (Å²) in [6.45, 7) is 7.15. The van der Waals surface area contributed by atoms with Gasteiger partial charge in [0.05, 0.1) is 13.2 Å².